The molecule has 0 aliphatic heterocycles. The highest BCUT2D eigenvalue weighted by Gasteiger charge is 2.12. The van der Waals surface area contributed by atoms with Crippen LogP contribution in [0.5, 0.6) is 0 Å². The number of nitrogens with zero attached hydrogens (tertiary/aromatic N) is 5. The van der Waals surface area contributed by atoms with Gasteiger partial charge in [-0.3, -0.25) is 9.59 Å². The fraction of sp³-hybridized carbons (Fsp3) is 0.108. The van der Waals surface area contributed by atoms with E-state index in [1.807, 2.05) is 74.5 Å². The molecule has 0 unspecified atom stereocenters. The van der Waals surface area contributed by atoms with E-state index in [0.717, 1.165) is 22.5 Å². The summed E-state index contributed by atoms with van der Waals surface area (Å²) in [7, 11) is 0. The molecule has 0 atom stereocenters. The Kier molecular flexibility index (Phi) is 10.8. The van der Waals surface area contributed by atoms with Gasteiger partial charge in [-0.2, -0.15) is 15.5 Å². The Morgan fingerprint density at radius 3 is 1.58 bits per heavy atom. The van der Waals surface area contributed by atoms with Gasteiger partial charge in [0.1, 0.15) is 17.2 Å². The number of nitriles is 1. The number of aryl methyl sites for hydroxylation is 2. The third-order valence-corrected chi connectivity index (χ3v) is 7.47. The van der Waals surface area contributed by atoms with Gasteiger partial charge in [0.05, 0.1) is 28.0 Å². The third-order valence-electron chi connectivity index (χ3n) is 7.18. The zero-order valence-electron chi connectivity index (χ0n) is 26.2. The molecule has 48 heavy (non-hydrogen) atoms. The molecule has 240 valence electrons. The Morgan fingerprint density at radius 1 is 0.688 bits per heavy atom. The lowest BCUT2D eigenvalue weighted by Crippen LogP contribution is -2.24. The van der Waals surface area contributed by atoms with E-state index in [2.05, 4.69) is 26.9 Å². The van der Waals surface area contributed by atoms with Crippen molar-refractivity contribution in [2.45, 2.75) is 26.9 Å². The number of nitrogens with one attached hydrogen (secondary N) is 2. The lowest BCUT2D eigenvalue weighted by Gasteiger charge is -2.11. The summed E-state index contributed by atoms with van der Waals surface area (Å²) < 4.78 is 16.1. The Bertz CT molecular complexity index is 2180. The maximum Gasteiger partial charge on any atom is 0.290 e. The highest BCUT2D eigenvalue weighted by molar-refractivity contribution is 6.31. The molecule has 2 aromatic heterocycles. The van der Waals surface area contributed by atoms with Gasteiger partial charge in [-0.15, -0.1) is 0 Å². The summed E-state index contributed by atoms with van der Waals surface area (Å²) in [6, 6.07) is 36.0. The fourth-order valence-electron chi connectivity index (χ4n) is 4.70. The first-order valence-electron chi connectivity index (χ1n) is 15.1. The summed E-state index contributed by atoms with van der Waals surface area (Å²) >= 11 is 5.79. The molecule has 0 aliphatic carbocycles. The molecule has 2 N–H and O–H groups in total. The van der Waals surface area contributed by atoms with Crippen molar-refractivity contribution in [2.75, 3.05) is 10.6 Å². The van der Waals surface area contributed by atoms with E-state index < -0.39 is 5.82 Å². The predicted octanol–water partition coefficient (Wildman–Crippen LogP) is 8.01. The van der Waals surface area contributed by atoms with Crippen molar-refractivity contribution in [1.29, 1.82) is 5.26 Å². The normalized spacial score (nSPS) is 10.4. The molecule has 0 radical (unpaired) electrons. The van der Waals surface area contributed by atoms with Crippen LogP contribution in [0.1, 0.15) is 19.4 Å². The monoisotopic (exact) mass is 659 g/mol. The van der Waals surface area contributed by atoms with Gasteiger partial charge < -0.3 is 10.6 Å². The number of benzene rings is 4. The van der Waals surface area contributed by atoms with Gasteiger partial charge in [0, 0.05) is 35.6 Å². The topological polar surface area (TPSA) is 118 Å². The van der Waals surface area contributed by atoms with Gasteiger partial charge in [0.15, 0.2) is 0 Å². The van der Waals surface area contributed by atoms with E-state index in [9.17, 15) is 14.0 Å². The van der Waals surface area contributed by atoms with Crippen molar-refractivity contribution in [3.8, 4) is 28.6 Å². The maximum atomic E-state index is 13.3. The minimum absolute atomic E-state index is 0.00634. The first kappa shape index (κ1) is 33.3. The van der Waals surface area contributed by atoms with E-state index in [4.69, 9.17) is 16.9 Å². The third kappa shape index (κ3) is 8.02. The van der Waals surface area contributed by atoms with E-state index in [1.54, 1.807) is 36.4 Å². The molecule has 0 spiro atoms. The Labute approximate surface area is 281 Å². The average Bonchev–Trinajstić information content (AvgIpc) is 3.13. The Morgan fingerprint density at radius 2 is 1.15 bits per heavy atom. The molecule has 9 nitrogen and oxygen atoms in total. The van der Waals surface area contributed by atoms with Gasteiger partial charge in [0.25, 0.3) is 11.1 Å². The molecule has 0 aliphatic rings. The van der Waals surface area contributed by atoms with E-state index in [0.29, 0.717) is 41.4 Å². The van der Waals surface area contributed by atoms with Crippen molar-refractivity contribution in [1.82, 2.24) is 19.6 Å². The summed E-state index contributed by atoms with van der Waals surface area (Å²) in [6.07, 6.45) is 0. The first-order valence-corrected chi connectivity index (χ1v) is 15.5. The van der Waals surface area contributed by atoms with Crippen molar-refractivity contribution < 1.29 is 4.39 Å². The highest BCUT2D eigenvalue weighted by Crippen LogP contribution is 2.24. The van der Waals surface area contributed by atoms with Crippen molar-refractivity contribution in [3.63, 3.8) is 0 Å². The van der Waals surface area contributed by atoms with Crippen LogP contribution in [0.4, 0.5) is 27.1 Å². The molecule has 6 aromatic rings. The standard InChI is InChI=1S/C19H16N4O.C18H15ClFN3O/c1-2-23-19(24)18(21-16-10-8-14(13-20)9-11-16)12-17(22-23)15-6-4-3-5-7-15;1-2-23-18(24)17(21-13-8-9-15(20)14(19)10-13)11-16(22-23)12-6-4-3-5-7-12/h3-12,21H,2H2,1H3;3-11,21H,2H2,1H3. The molecule has 6 rings (SSSR count). The zero-order chi connectivity index (χ0) is 34.0. The molecule has 0 saturated heterocycles. The number of hydrogen-bond acceptors (Lipinski definition) is 7. The van der Waals surface area contributed by atoms with Gasteiger partial charge in [-0.05, 0) is 68.4 Å². The maximum absolute atomic E-state index is 13.3. The van der Waals surface area contributed by atoms with Crippen LogP contribution in [-0.2, 0) is 13.1 Å². The lowest BCUT2D eigenvalue weighted by atomic mass is 10.1. The Balaban J connectivity index is 0.000000188. The van der Waals surface area contributed by atoms with Crippen LogP contribution in [0.15, 0.2) is 125 Å². The van der Waals surface area contributed by atoms with Crippen LogP contribution in [0.3, 0.4) is 0 Å². The van der Waals surface area contributed by atoms with E-state index in [-0.39, 0.29) is 16.1 Å². The van der Waals surface area contributed by atoms with Crippen molar-refractivity contribution in [2.24, 2.45) is 0 Å². The second-order valence-corrected chi connectivity index (χ2v) is 10.8. The van der Waals surface area contributed by atoms with Crippen LogP contribution in [0.25, 0.3) is 22.5 Å². The number of hydrogen-bond donors (Lipinski definition) is 2. The molecular formula is C37H31ClFN7O2. The quantitative estimate of drug-likeness (QED) is 0.170. The second-order valence-electron chi connectivity index (χ2n) is 10.4. The summed E-state index contributed by atoms with van der Waals surface area (Å²) in [5, 5.41) is 23.8. The zero-order valence-corrected chi connectivity index (χ0v) is 26.9. The predicted molar refractivity (Wildman–Crippen MR) is 188 cm³/mol. The summed E-state index contributed by atoms with van der Waals surface area (Å²) in [5.74, 6) is -0.507. The molecule has 11 heteroatoms. The van der Waals surface area contributed by atoms with Crippen LogP contribution in [-0.4, -0.2) is 19.6 Å². The van der Waals surface area contributed by atoms with Crippen LogP contribution in [0.2, 0.25) is 5.02 Å². The number of aromatic nitrogens is 4. The molecule has 0 bridgehead atoms. The van der Waals surface area contributed by atoms with Crippen LogP contribution < -0.4 is 21.8 Å². The van der Waals surface area contributed by atoms with Crippen molar-refractivity contribution in [3.05, 3.63) is 152 Å². The minimum Gasteiger partial charge on any atom is -0.351 e. The first-order chi connectivity index (χ1) is 23.3. The van der Waals surface area contributed by atoms with Crippen LogP contribution >= 0.6 is 11.6 Å². The van der Waals surface area contributed by atoms with Crippen molar-refractivity contribution >= 4 is 34.4 Å². The highest BCUT2D eigenvalue weighted by atomic mass is 35.5. The Hall–Kier alpha value is -6.05. The molecule has 0 amide bonds. The van der Waals surface area contributed by atoms with E-state index >= 15 is 0 Å². The largest absolute Gasteiger partial charge is 0.351 e. The SMILES string of the molecule is CCn1nc(-c2ccccc2)cc(Nc2ccc(C#N)cc2)c1=O.CCn1nc(-c2ccccc2)cc(Nc2ccc(F)c(Cl)c2)c1=O. The van der Waals surface area contributed by atoms with E-state index in [1.165, 1.54) is 27.6 Å². The van der Waals surface area contributed by atoms with Gasteiger partial charge in [-0.25, -0.2) is 13.8 Å². The molecule has 2 heterocycles. The van der Waals surface area contributed by atoms with Gasteiger partial charge >= 0.3 is 0 Å². The van der Waals surface area contributed by atoms with Gasteiger partial charge in [-0.1, -0.05) is 72.3 Å². The number of halogens is 2. The lowest BCUT2D eigenvalue weighted by molar-refractivity contribution is 0.621. The summed E-state index contributed by atoms with van der Waals surface area (Å²) in [6.45, 7) is 4.66. The molecule has 0 saturated carbocycles. The number of rotatable bonds is 8. The summed E-state index contributed by atoms with van der Waals surface area (Å²) in [5.41, 5.74) is 5.49. The number of anilines is 4. The minimum atomic E-state index is -0.507. The van der Waals surface area contributed by atoms with Gasteiger partial charge in [0.2, 0.25) is 0 Å². The smallest absolute Gasteiger partial charge is 0.290 e. The fourth-order valence-corrected chi connectivity index (χ4v) is 4.88. The second kappa shape index (κ2) is 15.5. The molecule has 4 aromatic carbocycles. The molecule has 0 fully saturated rings. The summed E-state index contributed by atoms with van der Waals surface area (Å²) in [4.78, 5) is 25.0. The average molecular weight is 660 g/mol. The van der Waals surface area contributed by atoms with Crippen LogP contribution in [0, 0.1) is 17.1 Å². The molecular weight excluding hydrogens is 629 g/mol.